The predicted octanol–water partition coefficient (Wildman–Crippen LogP) is 1.30. The number of aliphatic carboxylic acids is 1. The van der Waals surface area contributed by atoms with Crippen molar-refractivity contribution >= 4 is 13.1 Å². The standard InChI is InChI=1S/C17H27BF2N2O4/c19-14-6-5-13(12-15(14)20)4-3-10-22-11-8-17(21,16(23)24)7-1-2-9-18(25)26/h5-6,12,22,25-26H,1-4,7-11,21H2,(H,23,24). The van der Waals surface area contributed by atoms with E-state index in [-0.39, 0.29) is 19.2 Å². The van der Waals surface area contributed by atoms with Gasteiger partial charge in [0.2, 0.25) is 0 Å². The molecular weight excluding hydrogens is 345 g/mol. The van der Waals surface area contributed by atoms with Crippen molar-refractivity contribution in [2.24, 2.45) is 5.73 Å². The molecular formula is C17H27BF2N2O4. The van der Waals surface area contributed by atoms with E-state index in [4.69, 9.17) is 15.8 Å². The van der Waals surface area contributed by atoms with Crippen molar-refractivity contribution in [3.05, 3.63) is 35.4 Å². The van der Waals surface area contributed by atoms with Crippen molar-refractivity contribution in [3.63, 3.8) is 0 Å². The number of unbranched alkanes of at least 4 members (excludes halogenated alkanes) is 1. The normalized spacial score (nSPS) is 13.4. The highest BCUT2D eigenvalue weighted by atomic mass is 19.2. The number of nitrogens with two attached hydrogens (primary N) is 1. The van der Waals surface area contributed by atoms with Gasteiger partial charge in [-0.1, -0.05) is 18.9 Å². The van der Waals surface area contributed by atoms with Gasteiger partial charge >= 0.3 is 13.1 Å². The summed E-state index contributed by atoms with van der Waals surface area (Å²) in [7, 11) is -1.39. The van der Waals surface area contributed by atoms with Crippen LogP contribution in [-0.2, 0) is 11.2 Å². The average Bonchev–Trinajstić information content (AvgIpc) is 2.57. The maximum atomic E-state index is 13.1. The number of carboxylic acids is 1. The average molecular weight is 372 g/mol. The molecule has 0 aliphatic rings. The lowest BCUT2D eigenvalue weighted by Crippen LogP contribution is -2.49. The first-order chi connectivity index (χ1) is 12.2. The quantitative estimate of drug-likeness (QED) is 0.263. The van der Waals surface area contributed by atoms with Crippen molar-refractivity contribution in [2.75, 3.05) is 13.1 Å². The summed E-state index contributed by atoms with van der Waals surface area (Å²) in [4.78, 5) is 11.4. The van der Waals surface area contributed by atoms with Crippen LogP contribution in [0.1, 0.15) is 37.7 Å². The summed E-state index contributed by atoms with van der Waals surface area (Å²) in [5.41, 5.74) is 5.30. The van der Waals surface area contributed by atoms with Gasteiger partial charge in [-0.2, -0.15) is 0 Å². The van der Waals surface area contributed by atoms with Crippen LogP contribution in [0.25, 0.3) is 0 Å². The number of rotatable bonds is 13. The number of carbonyl (C=O) groups is 1. The molecule has 0 amide bonds. The number of nitrogens with one attached hydrogen (secondary N) is 1. The van der Waals surface area contributed by atoms with Gasteiger partial charge in [0.25, 0.3) is 0 Å². The van der Waals surface area contributed by atoms with Crippen molar-refractivity contribution in [3.8, 4) is 0 Å². The zero-order chi connectivity index (χ0) is 19.6. The molecule has 1 aromatic carbocycles. The molecule has 9 heteroatoms. The Kier molecular flexibility index (Phi) is 9.71. The van der Waals surface area contributed by atoms with E-state index in [1.165, 1.54) is 12.1 Å². The summed E-state index contributed by atoms with van der Waals surface area (Å²) in [6, 6.07) is 3.81. The van der Waals surface area contributed by atoms with E-state index < -0.39 is 30.3 Å². The van der Waals surface area contributed by atoms with Gasteiger partial charge in [0.05, 0.1) is 0 Å². The van der Waals surface area contributed by atoms with Crippen LogP contribution in [0.5, 0.6) is 0 Å². The number of benzene rings is 1. The second-order valence-electron chi connectivity index (χ2n) is 6.54. The van der Waals surface area contributed by atoms with E-state index in [1.54, 1.807) is 0 Å². The molecule has 0 saturated carbocycles. The Morgan fingerprint density at radius 1 is 1.12 bits per heavy atom. The number of carboxylic acid groups (broad SMARTS) is 1. The Morgan fingerprint density at radius 2 is 1.85 bits per heavy atom. The second kappa shape index (κ2) is 11.2. The van der Waals surface area contributed by atoms with Crippen LogP contribution in [0.2, 0.25) is 6.32 Å². The molecule has 0 heterocycles. The van der Waals surface area contributed by atoms with E-state index >= 15 is 0 Å². The van der Waals surface area contributed by atoms with Gasteiger partial charge in [-0.3, -0.25) is 4.79 Å². The smallest absolute Gasteiger partial charge is 0.451 e. The molecule has 0 bridgehead atoms. The minimum absolute atomic E-state index is 0.192. The first-order valence-electron chi connectivity index (χ1n) is 8.77. The van der Waals surface area contributed by atoms with Crippen LogP contribution in [0.15, 0.2) is 18.2 Å². The number of aryl methyl sites for hydroxylation is 1. The molecule has 146 valence electrons. The fourth-order valence-electron chi connectivity index (χ4n) is 2.66. The predicted molar refractivity (Wildman–Crippen MR) is 95.6 cm³/mol. The highest BCUT2D eigenvalue weighted by molar-refractivity contribution is 6.40. The van der Waals surface area contributed by atoms with Crippen molar-refractivity contribution in [2.45, 2.75) is 50.4 Å². The minimum Gasteiger partial charge on any atom is -0.480 e. The van der Waals surface area contributed by atoms with Crippen LogP contribution in [0.4, 0.5) is 8.78 Å². The topological polar surface area (TPSA) is 116 Å². The summed E-state index contributed by atoms with van der Waals surface area (Å²) in [5, 5.41) is 30.0. The van der Waals surface area contributed by atoms with Crippen LogP contribution < -0.4 is 11.1 Å². The Hall–Kier alpha value is -1.55. The highest BCUT2D eigenvalue weighted by Crippen LogP contribution is 2.17. The van der Waals surface area contributed by atoms with Gasteiger partial charge in [-0.25, -0.2) is 8.78 Å². The third kappa shape index (κ3) is 8.22. The monoisotopic (exact) mass is 372 g/mol. The van der Waals surface area contributed by atoms with Crippen molar-refractivity contribution < 1.29 is 28.7 Å². The van der Waals surface area contributed by atoms with E-state index in [1.807, 2.05) is 0 Å². The lowest BCUT2D eigenvalue weighted by atomic mass is 9.81. The number of halogens is 2. The van der Waals surface area contributed by atoms with E-state index in [0.717, 1.165) is 6.07 Å². The first-order valence-corrected chi connectivity index (χ1v) is 8.77. The Bertz CT molecular complexity index is 578. The maximum absolute atomic E-state index is 13.1. The molecule has 1 aromatic rings. The molecule has 26 heavy (non-hydrogen) atoms. The molecule has 0 fully saturated rings. The minimum atomic E-state index is -1.39. The molecule has 6 nitrogen and oxygen atoms in total. The molecule has 0 aromatic heterocycles. The molecule has 6 N–H and O–H groups in total. The Labute approximate surface area is 152 Å². The van der Waals surface area contributed by atoms with E-state index in [0.29, 0.717) is 44.3 Å². The summed E-state index contributed by atoms with van der Waals surface area (Å²) >= 11 is 0. The third-order valence-corrected chi connectivity index (χ3v) is 4.31. The van der Waals surface area contributed by atoms with Crippen molar-refractivity contribution in [1.82, 2.24) is 5.32 Å². The second-order valence-corrected chi connectivity index (χ2v) is 6.54. The van der Waals surface area contributed by atoms with Crippen LogP contribution in [-0.4, -0.2) is 46.9 Å². The molecule has 0 radical (unpaired) electrons. The molecule has 1 rings (SSSR count). The Balaban J connectivity index is 2.25. The van der Waals surface area contributed by atoms with Crippen LogP contribution in [0, 0.1) is 11.6 Å². The largest absolute Gasteiger partial charge is 0.480 e. The van der Waals surface area contributed by atoms with Gasteiger partial charge < -0.3 is 26.2 Å². The summed E-state index contributed by atoms with van der Waals surface area (Å²) in [6.07, 6.45) is 2.96. The Morgan fingerprint density at radius 3 is 2.46 bits per heavy atom. The summed E-state index contributed by atoms with van der Waals surface area (Å²) in [6.45, 7) is 1.02. The molecule has 0 saturated heterocycles. The summed E-state index contributed by atoms with van der Waals surface area (Å²) < 4.78 is 25.9. The zero-order valence-electron chi connectivity index (χ0n) is 14.8. The summed E-state index contributed by atoms with van der Waals surface area (Å²) in [5.74, 6) is -2.81. The first kappa shape index (κ1) is 22.5. The van der Waals surface area contributed by atoms with Gasteiger partial charge in [-0.15, -0.1) is 0 Å². The zero-order valence-corrected chi connectivity index (χ0v) is 14.8. The van der Waals surface area contributed by atoms with Gasteiger partial charge in [0.1, 0.15) is 5.54 Å². The fourth-order valence-corrected chi connectivity index (χ4v) is 2.66. The van der Waals surface area contributed by atoms with Gasteiger partial charge in [0.15, 0.2) is 11.6 Å². The third-order valence-electron chi connectivity index (χ3n) is 4.31. The number of hydrogen-bond acceptors (Lipinski definition) is 5. The fraction of sp³-hybridized carbons (Fsp3) is 0.588. The molecule has 0 aliphatic heterocycles. The van der Waals surface area contributed by atoms with E-state index in [2.05, 4.69) is 5.32 Å². The highest BCUT2D eigenvalue weighted by Gasteiger charge is 2.32. The van der Waals surface area contributed by atoms with Crippen molar-refractivity contribution in [1.29, 1.82) is 0 Å². The molecule has 0 spiro atoms. The SMILES string of the molecule is NC(CCCCB(O)O)(CCNCCCc1ccc(F)c(F)c1)C(=O)O. The molecule has 1 atom stereocenters. The maximum Gasteiger partial charge on any atom is 0.451 e. The van der Waals surface area contributed by atoms with Crippen LogP contribution in [0.3, 0.4) is 0 Å². The van der Waals surface area contributed by atoms with E-state index in [9.17, 15) is 18.7 Å². The number of hydrogen-bond donors (Lipinski definition) is 5. The van der Waals surface area contributed by atoms with Gasteiger partial charge in [0, 0.05) is 0 Å². The lowest BCUT2D eigenvalue weighted by molar-refractivity contribution is -0.143. The van der Waals surface area contributed by atoms with Gasteiger partial charge in [-0.05, 0) is 62.8 Å². The molecule has 0 aliphatic carbocycles. The molecule has 1 unspecified atom stereocenters. The lowest BCUT2D eigenvalue weighted by Gasteiger charge is -2.25. The van der Waals surface area contributed by atoms with Crippen LogP contribution >= 0.6 is 0 Å².